The van der Waals surface area contributed by atoms with Crippen molar-refractivity contribution in [1.29, 1.82) is 0 Å². The summed E-state index contributed by atoms with van der Waals surface area (Å²) in [7, 11) is 0. The number of hydrogen-bond donors (Lipinski definition) is 1. The molecule has 10 heteroatoms. The largest absolute Gasteiger partial charge is 0.490 e. The Morgan fingerprint density at radius 2 is 2.03 bits per heavy atom. The molecule has 0 saturated carbocycles. The molecule has 9 nitrogen and oxygen atoms in total. The molecule has 0 spiro atoms. The van der Waals surface area contributed by atoms with Crippen LogP contribution in [0.1, 0.15) is 18.1 Å². The maximum absolute atomic E-state index is 12.4. The second-order valence-corrected chi connectivity index (χ2v) is 7.53. The number of imide groups is 1. The third-order valence-corrected chi connectivity index (χ3v) is 5.01. The molecule has 0 bridgehead atoms. The standard InChI is InChI=1S/C22H20BrN3O6/c1-3-8-25-21(27)18(24-22(25)28)11-15-10-17(23)20(19(12-15)31-4-2)32-13-14-6-5-7-16(9-14)26(29)30/h3,5-7,9-12H,1,4,8,13H2,2H3,(H,24,28)/b18-11+. The van der Waals surface area contributed by atoms with Crippen molar-refractivity contribution in [1.82, 2.24) is 10.2 Å². The highest BCUT2D eigenvalue weighted by molar-refractivity contribution is 9.10. The Kier molecular flexibility index (Phi) is 7.26. The quantitative estimate of drug-likeness (QED) is 0.179. The Labute approximate surface area is 192 Å². The molecular weight excluding hydrogens is 482 g/mol. The Hall–Kier alpha value is -3.66. The fourth-order valence-corrected chi connectivity index (χ4v) is 3.60. The third-order valence-electron chi connectivity index (χ3n) is 4.42. The lowest BCUT2D eigenvalue weighted by molar-refractivity contribution is -0.384. The summed E-state index contributed by atoms with van der Waals surface area (Å²) in [5, 5.41) is 13.5. The molecule has 1 heterocycles. The number of carbonyl (C=O) groups excluding carboxylic acids is 2. The van der Waals surface area contributed by atoms with Crippen molar-refractivity contribution < 1.29 is 24.0 Å². The average molecular weight is 502 g/mol. The van der Waals surface area contributed by atoms with E-state index in [-0.39, 0.29) is 24.5 Å². The van der Waals surface area contributed by atoms with Crippen molar-refractivity contribution in [3.8, 4) is 11.5 Å². The Morgan fingerprint density at radius 3 is 2.72 bits per heavy atom. The van der Waals surface area contributed by atoms with Gasteiger partial charge in [0, 0.05) is 18.7 Å². The zero-order chi connectivity index (χ0) is 23.3. The Bertz CT molecular complexity index is 1110. The normalized spacial score (nSPS) is 14.4. The molecule has 1 fully saturated rings. The van der Waals surface area contributed by atoms with Crippen LogP contribution in [0.4, 0.5) is 10.5 Å². The predicted octanol–water partition coefficient (Wildman–Crippen LogP) is 4.41. The maximum atomic E-state index is 12.4. The van der Waals surface area contributed by atoms with Crippen LogP contribution >= 0.6 is 15.9 Å². The van der Waals surface area contributed by atoms with Crippen molar-refractivity contribution >= 4 is 39.6 Å². The van der Waals surface area contributed by atoms with Gasteiger partial charge in [0.05, 0.1) is 16.0 Å². The Balaban J connectivity index is 1.86. The van der Waals surface area contributed by atoms with Gasteiger partial charge in [0.1, 0.15) is 12.3 Å². The summed E-state index contributed by atoms with van der Waals surface area (Å²) in [5.41, 5.74) is 1.34. The van der Waals surface area contributed by atoms with Gasteiger partial charge in [-0.15, -0.1) is 6.58 Å². The lowest BCUT2D eigenvalue weighted by Gasteiger charge is -2.15. The number of non-ortho nitro benzene ring substituents is 1. The fourth-order valence-electron chi connectivity index (χ4n) is 3.02. The minimum absolute atomic E-state index is 0.0223. The molecule has 32 heavy (non-hydrogen) atoms. The zero-order valence-electron chi connectivity index (χ0n) is 17.2. The van der Waals surface area contributed by atoms with Crippen LogP contribution in [-0.2, 0) is 11.4 Å². The first-order valence-corrected chi connectivity index (χ1v) is 10.4. The molecule has 1 aliphatic heterocycles. The van der Waals surface area contributed by atoms with Crippen molar-refractivity contribution in [3.63, 3.8) is 0 Å². The first kappa shape index (κ1) is 23.0. The summed E-state index contributed by atoms with van der Waals surface area (Å²) < 4.78 is 12.1. The van der Waals surface area contributed by atoms with Crippen molar-refractivity contribution in [2.24, 2.45) is 0 Å². The van der Waals surface area contributed by atoms with Crippen LogP contribution in [0.15, 0.2) is 59.2 Å². The van der Waals surface area contributed by atoms with Gasteiger partial charge in [-0.25, -0.2) is 4.79 Å². The van der Waals surface area contributed by atoms with Crippen molar-refractivity contribution in [2.45, 2.75) is 13.5 Å². The minimum atomic E-state index is -0.512. The van der Waals surface area contributed by atoms with Gasteiger partial charge in [0.15, 0.2) is 11.5 Å². The molecule has 0 aromatic heterocycles. The van der Waals surface area contributed by atoms with Crippen LogP contribution in [-0.4, -0.2) is 34.9 Å². The fraction of sp³-hybridized carbons (Fsp3) is 0.182. The topological polar surface area (TPSA) is 111 Å². The van der Waals surface area contributed by atoms with Gasteiger partial charge in [0.2, 0.25) is 0 Å². The summed E-state index contributed by atoms with van der Waals surface area (Å²) in [6.45, 7) is 5.93. The summed E-state index contributed by atoms with van der Waals surface area (Å²) in [4.78, 5) is 35.9. The van der Waals surface area contributed by atoms with E-state index in [2.05, 4.69) is 27.8 Å². The lowest BCUT2D eigenvalue weighted by Crippen LogP contribution is -2.30. The van der Waals surface area contributed by atoms with Crippen LogP contribution in [0.2, 0.25) is 0 Å². The second-order valence-electron chi connectivity index (χ2n) is 6.67. The molecule has 0 radical (unpaired) electrons. The van der Waals surface area contributed by atoms with E-state index in [1.807, 2.05) is 6.92 Å². The van der Waals surface area contributed by atoms with Crippen LogP contribution < -0.4 is 14.8 Å². The highest BCUT2D eigenvalue weighted by Crippen LogP contribution is 2.38. The van der Waals surface area contributed by atoms with Gasteiger partial charge in [-0.3, -0.25) is 19.8 Å². The number of halogens is 1. The number of carbonyl (C=O) groups is 2. The van der Waals surface area contributed by atoms with E-state index in [0.29, 0.717) is 33.7 Å². The molecule has 1 saturated heterocycles. The molecule has 166 valence electrons. The SMILES string of the molecule is C=CCN1C(=O)N/C(=C/c2cc(Br)c(OCc3cccc([N+](=O)[O-])c3)c(OCC)c2)C1=O. The summed E-state index contributed by atoms with van der Waals surface area (Å²) in [6.07, 6.45) is 3.01. The molecule has 1 aliphatic rings. The number of rotatable bonds is 9. The molecule has 0 aliphatic carbocycles. The van der Waals surface area contributed by atoms with E-state index < -0.39 is 16.9 Å². The zero-order valence-corrected chi connectivity index (χ0v) is 18.8. The summed E-state index contributed by atoms with van der Waals surface area (Å²) >= 11 is 3.45. The highest BCUT2D eigenvalue weighted by atomic mass is 79.9. The first-order valence-electron chi connectivity index (χ1n) is 9.62. The molecule has 2 aromatic rings. The van der Waals surface area contributed by atoms with Crippen molar-refractivity contribution in [3.05, 3.63) is 80.5 Å². The van der Waals surface area contributed by atoms with Crippen molar-refractivity contribution in [2.75, 3.05) is 13.2 Å². The minimum Gasteiger partial charge on any atom is -0.490 e. The summed E-state index contributed by atoms with van der Waals surface area (Å²) in [6, 6.07) is 9.05. The number of benzene rings is 2. The molecule has 3 rings (SSSR count). The molecule has 0 atom stereocenters. The van der Waals surface area contributed by atoms with Gasteiger partial charge in [-0.05, 0) is 52.2 Å². The van der Waals surface area contributed by atoms with Gasteiger partial charge < -0.3 is 14.8 Å². The summed E-state index contributed by atoms with van der Waals surface area (Å²) in [5.74, 6) is 0.379. The maximum Gasteiger partial charge on any atom is 0.329 e. The van der Waals surface area contributed by atoms with Crippen LogP contribution in [0.3, 0.4) is 0 Å². The molecule has 2 aromatic carbocycles. The number of amides is 3. The van der Waals surface area contributed by atoms with Gasteiger partial charge >= 0.3 is 6.03 Å². The van der Waals surface area contributed by atoms with E-state index in [4.69, 9.17) is 9.47 Å². The van der Waals surface area contributed by atoms with Crippen LogP contribution in [0.5, 0.6) is 11.5 Å². The van der Waals surface area contributed by atoms with Gasteiger partial charge in [-0.2, -0.15) is 0 Å². The van der Waals surface area contributed by atoms with E-state index in [1.165, 1.54) is 18.2 Å². The molecular formula is C22H20BrN3O6. The van der Waals surface area contributed by atoms with Gasteiger partial charge in [0.25, 0.3) is 11.6 Å². The van der Waals surface area contributed by atoms with E-state index >= 15 is 0 Å². The Morgan fingerprint density at radius 1 is 1.25 bits per heavy atom. The first-order chi connectivity index (χ1) is 15.3. The second kappa shape index (κ2) is 10.1. The number of nitro groups is 1. The number of nitrogens with one attached hydrogen (secondary N) is 1. The van der Waals surface area contributed by atoms with Gasteiger partial charge in [-0.1, -0.05) is 18.2 Å². The van der Waals surface area contributed by atoms with Crippen LogP contribution in [0, 0.1) is 10.1 Å². The number of urea groups is 1. The van der Waals surface area contributed by atoms with Crippen LogP contribution in [0.25, 0.3) is 6.08 Å². The number of nitrogens with zero attached hydrogens (tertiary/aromatic N) is 2. The number of nitro benzene ring substituents is 1. The number of hydrogen-bond acceptors (Lipinski definition) is 6. The molecule has 0 unspecified atom stereocenters. The highest BCUT2D eigenvalue weighted by Gasteiger charge is 2.32. The third kappa shape index (κ3) is 5.14. The predicted molar refractivity (Wildman–Crippen MR) is 121 cm³/mol. The average Bonchev–Trinajstić information content (AvgIpc) is 3.01. The molecule has 1 N–H and O–H groups in total. The monoisotopic (exact) mass is 501 g/mol. The number of ether oxygens (including phenoxy) is 2. The lowest BCUT2D eigenvalue weighted by atomic mass is 10.1. The van der Waals surface area contributed by atoms with E-state index in [0.717, 1.165) is 4.90 Å². The van der Waals surface area contributed by atoms with E-state index in [9.17, 15) is 19.7 Å². The smallest absolute Gasteiger partial charge is 0.329 e. The molecule has 3 amide bonds. The van der Waals surface area contributed by atoms with E-state index in [1.54, 1.807) is 30.3 Å².